The summed E-state index contributed by atoms with van der Waals surface area (Å²) in [4.78, 5) is 3.37. The Balaban J connectivity index is 1.80. The van der Waals surface area contributed by atoms with Gasteiger partial charge in [-0.25, -0.2) is 0 Å². The molecule has 2 heterocycles. The summed E-state index contributed by atoms with van der Waals surface area (Å²) in [6, 6.07) is 11.2. The molecule has 0 aliphatic carbocycles. The molecular weight excluding hydrogens is 318 g/mol. The van der Waals surface area contributed by atoms with E-state index in [1.54, 1.807) is 6.07 Å². The highest BCUT2D eigenvalue weighted by atomic mass is 16.3. The Labute approximate surface area is 144 Å². The van der Waals surface area contributed by atoms with E-state index in [1.165, 1.54) is 0 Å². The van der Waals surface area contributed by atoms with Crippen LogP contribution in [0.1, 0.15) is 35.4 Å². The van der Waals surface area contributed by atoms with Gasteiger partial charge in [-0.15, -0.1) is 0 Å². The third-order valence-electron chi connectivity index (χ3n) is 4.88. The molecule has 6 heteroatoms. The van der Waals surface area contributed by atoms with Gasteiger partial charge in [0.15, 0.2) is 0 Å². The van der Waals surface area contributed by atoms with Crippen molar-refractivity contribution in [1.82, 2.24) is 10.3 Å². The van der Waals surface area contributed by atoms with Gasteiger partial charge in [0.05, 0.1) is 0 Å². The second-order valence-electron chi connectivity index (χ2n) is 6.46. The van der Waals surface area contributed by atoms with E-state index in [2.05, 4.69) is 10.3 Å². The Morgan fingerprint density at radius 1 is 1.20 bits per heavy atom. The Morgan fingerprint density at radius 2 is 2.04 bits per heavy atom. The SMILES string of the molecule is NC(CCO)c1ccc2[nH]c(-c3ccc(O)c4c3C(O)NC4)cc2c1. The summed E-state index contributed by atoms with van der Waals surface area (Å²) in [5.41, 5.74) is 11.2. The average molecular weight is 339 g/mol. The number of phenolic OH excluding ortho intramolecular Hbond substituents is 1. The van der Waals surface area contributed by atoms with Gasteiger partial charge in [-0.1, -0.05) is 6.07 Å². The normalized spacial score (nSPS) is 17.8. The molecule has 7 N–H and O–H groups in total. The number of nitrogens with two attached hydrogens (primary N) is 1. The molecular formula is C19H21N3O3. The quantitative estimate of drug-likeness (QED) is 0.435. The topological polar surface area (TPSA) is 115 Å². The second-order valence-corrected chi connectivity index (χ2v) is 6.46. The molecule has 25 heavy (non-hydrogen) atoms. The van der Waals surface area contributed by atoms with Crippen molar-refractivity contribution in [1.29, 1.82) is 0 Å². The molecule has 1 aliphatic rings. The van der Waals surface area contributed by atoms with Crippen LogP contribution in [-0.2, 0) is 6.54 Å². The first-order valence-electron chi connectivity index (χ1n) is 8.34. The van der Waals surface area contributed by atoms with E-state index < -0.39 is 6.23 Å². The van der Waals surface area contributed by atoms with E-state index in [0.717, 1.165) is 33.3 Å². The van der Waals surface area contributed by atoms with Gasteiger partial charge in [0, 0.05) is 52.5 Å². The predicted octanol–water partition coefficient (Wildman–Crippen LogP) is 2.02. The summed E-state index contributed by atoms with van der Waals surface area (Å²) in [7, 11) is 0. The van der Waals surface area contributed by atoms with Gasteiger partial charge in [0.25, 0.3) is 0 Å². The summed E-state index contributed by atoms with van der Waals surface area (Å²) in [5.74, 6) is 0.191. The number of aromatic hydroxyl groups is 1. The fourth-order valence-electron chi connectivity index (χ4n) is 3.52. The van der Waals surface area contributed by atoms with Crippen LogP contribution in [0.15, 0.2) is 36.4 Å². The van der Waals surface area contributed by atoms with Gasteiger partial charge in [0.2, 0.25) is 0 Å². The molecule has 1 aromatic heterocycles. The lowest BCUT2D eigenvalue weighted by Gasteiger charge is -2.11. The van der Waals surface area contributed by atoms with Crippen molar-refractivity contribution in [2.24, 2.45) is 5.73 Å². The number of benzene rings is 2. The summed E-state index contributed by atoms with van der Waals surface area (Å²) < 4.78 is 0. The van der Waals surface area contributed by atoms with Crippen molar-refractivity contribution < 1.29 is 15.3 Å². The molecule has 2 atom stereocenters. The second kappa shape index (κ2) is 6.16. The first-order chi connectivity index (χ1) is 12.1. The molecule has 2 unspecified atom stereocenters. The Hall–Kier alpha value is -2.38. The maximum Gasteiger partial charge on any atom is 0.132 e. The first-order valence-corrected chi connectivity index (χ1v) is 8.34. The smallest absolute Gasteiger partial charge is 0.132 e. The van der Waals surface area contributed by atoms with Crippen LogP contribution in [0.4, 0.5) is 0 Å². The lowest BCUT2D eigenvalue weighted by Crippen LogP contribution is -2.11. The molecule has 0 saturated heterocycles. The summed E-state index contributed by atoms with van der Waals surface area (Å²) in [6.45, 7) is 0.499. The number of aromatic amines is 1. The van der Waals surface area contributed by atoms with Gasteiger partial charge < -0.3 is 26.0 Å². The van der Waals surface area contributed by atoms with Crippen molar-refractivity contribution in [3.8, 4) is 17.0 Å². The third-order valence-corrected chi connectivity index (χ3v) is 4.88. The molecule has 130 valence electrons. The lowest BCUT2D eigenvalue weighted by molar-refractivity contribution is 0.152. The summed E-state index contributed by atoms with van der Waals surface area (Å²) in [6.07, 6.45) is -0.274. The fraction of sp³-hybridized carbons (Fsp3) is 0.263. The molecule has 0 bridgehead atoms. The average Bonchev–Trinajstić information content (AvgIpc) is 3.19. The number of aliphatic hydroxyl groups is 2. The number of rotatable bonds is 4. The maximum absolute atomic E-state index is 10.2. The monoisotopic (exact) mass is 339 g/mol. The molecule has 1 aliphatic heterocycles. The minimum atomic E-state index is -0.794. The minimum Gasteiger partial charge on any atom is -0.508 e. The predicted molar refractivity (Wildman–Crippen MR) is 95.8 cm³/mol. The van der Waals surface area contributed by atoms with Crippen LogP contribution in [0.2, 0.25) is 0 Å². The van der Waals surface area contributed by atoms with Gasteiger partial charge in [0.1, 0.15) is 12.0 Å². The molecule has 0 radical (unpaired) electrons. The number of aliphatic hydroxyl groups excluding tert-OH is 2. The number of phenols is 1. The van der Waals surface area contributed by atoms with E-state index in [-0.39, 0.29) is 18.4 Å². The van der Waals surface area contributed by atoms with Crippen LogP contribution < -0.4 is 11.1 Å². The molecule has 2 aromatic carbocycles. The van der Waals surface area contributed by atoms with Gasteiger partial charge in [-0.05, 0) is 42.3 Å². The Morgan fingerprint density at radius 3 is 2.84 bits per heavy atom. The van der Waals surface area contributed by atoms with E-state index in [9.17, 15) is 10.2 Å². The fourth-order valence-corrected chi connectivity index (χ4v) is 3.52. The van der Waals surface area contributed by atoms with Crippen LogP contribution in [0.25, 0.3) is 22.2 Å². The zero-order chi connectivity index (χ0) is 17.6. The lowest BCUT2D eigenvalue weighted by atomic mass is 9.99. The zero-order valence-corrected chi connectivity index (χ0v) is 13.7. The van der Waals surface area contributed by atoms with E-state index in [0.29, 0.717) is 18.5 Å². The van der Waals surface area contributed by atoms with Gasteiger partial charge in [-0.3, -0.25) is 5.32 Å². The number of fused-ring (bicyclic) bond motifs is 2. The number of nitrogens with one attached hydrogen (secondary N) is 2. The Kier molecular flexibility index (Phi) is 3.97. The van der Waals surface area contributed by atoms with Crippen molar-refractivity contribution in [3.63, 3.8) is 0 Å². The number of hydrogen-bond donors (Lipinski definition) is 6. The van der Waals surface area contributed by atoms with Crippen molar-refractivity contribution >= 4 is 10.9 Å². The van der Waals surface area contributed by atoms with Crippen LogP contribution in [-0.4, -0.2) is 26.9 Å². The molecule has 0 fully saturated rings. The maximum atomic E-state index is 10.2. The Bertz CT molecular complexity index is 935. The zero-order valence-electron chi connectivity index (χ0n) is 13.7. The molecule has 4 rings (SSSR count). The van der Waals surface area contributed by atoms with Crippen LogP contribution in [0, 0.1) is 0 Å². The van der Waals surface area contributed by atoms with Crippen molar-refractivity contribution in [2.45, 2.75) is 25.2 Å². The first kappa shape index (κ1) is 16.1. The summed E-state index contributed by atoms with van der Waals surface area (Å²) >= 11 is 0. The van der Waals surface area contributed by atoms with E-state index >= 15 is 0 Å². The van der Waals surface area contributed by atoms with Crippen molar-refractivity contribution in [3.05, 3.63) is 53.1 Å². The van der Waals surface area contributed by atoms with Crippen molar-refractivity contribution in [2.75, 3.05) is 6.61 Å². The molecule has 3 aromatic rings. The standard InChI is InChI=1S/C19H21N3O3/c20-14(5-6-23)10-1-3-15-11(7-10)8-16(22-15)12-2-4-17(24)13-9-21-19(25)18(12)13/h1-4,7-8,14,19,21-25H,5-6,9,20H2. The molecule has 0 saturated carbocycles. The highest BCUT2D eigenvalue weighted by molar-refractivity contribution is 5.87. The number of hydrogen-bond acceptors (Lipinski definition) is 5. The largest absolute Gasteiger partial charge is 0.508 e. The van der Waals surface area contributed by atoms with Gasteiger partial charge >= 0.3 is 0 Å². The molecule has 0 spiro atoms. The number of aromatic nitrogens is 1. The summed E-state index contributed by atoms with van der Waals surface area (Å²) in [5, 5.41) is 33.3. The highest BCUT2D eigenvalue weighted by Gasteiger charge is 2.26. The minimum absolute atomic E-state index is 0.0577. The van der Waals surface area contributed by atoms with Crippen LogP contribution >= 0.6 is 0 Å². The van der Waals surface area contributed by atoms with Gasteiger partial charge in [-0.2, -0.15) is 0 Å². The van der Waals surface area contributed by atoms with E-state index in [4.69, 9.17) is 10.8 Å². The highest BCUT2D eigenvalue weighted by Crippen LogP contribution is 2.39. The third kappa shape index (κ3) is 2.69. The molecule has 6 nitrogen and oxygen atoms in total. The number of H-pyrrole nitrogens is 1. The molecule has 0 amide bonds. The van der Waals surface area contributed by atoms with Crippen LogP contribution in [0.3, 0.4) is 0 Å². The van der Waals surface area contributed by atoms with E-state index in [1.807, 2.05) is 30.3 Å². The van der Waals surface area contributed by atoms with Crippen LogP contribution in [0.5, 0.6) is 5.75 Å².